The van der Waals surface area contributed by atoms with Gasteiger partial charge in [-0.15, -0.1) is 0 Å². The Labute approximate surface area is 187 Å². The first-order valence-electron chi connectivity index (χ1n) is 8.46. The zero-order chi connectivity index (χ0) is 21.5. The van der Waals surface area contributed by atoms with Crippen LogP contribution in [0.3, 0.4) is 0 Å². The molecule has 5 nitrogen and oxygen atoms in total. The lowest BCUT2D eigenvalue weighted by atomic mass is 10.1. The van der Waals surface area contributed by atoms with Crippen molar-refractivity contribution in [3.05, 3.63) is 92.6 Å². The Morgan fingerprint density at radius 3 is 2.27 bits per heavy atom. The van der Waals surface area contributed by atoms with E-state index in [4.69, 9.17) is 43.7 Å². The van der Waals surface area contributed by atoms with Gasteiger partial charge in [-0.05, 0) is 60.2 Å². The zero-order valence-corrected chi connectivity index (χ0v) is 18.0. The van der Waals surface area contributed by atoms with Crippen LogP contribution in [0.2, 0.25) is 15.1 Å². The number of Topliss-reactive ketones (excluding diaryl/α,β-unsaturated/α-hetero) is 1. The minimum Gasteiger partial charge on any atom is -0.452 e. The van der Waals surface area contributed by atoms with Crippen molar-refractivity contribution >= 4 is 56.8 Å². The second-order valence-corrected chi connectivity index (χ2v) is 9.08. The van der Waals surface area contributed by atoms with Gasteiger partial charge in [-0.2, -0.15) is 8.42 Å². The first-order chi connectivity index (χ1) is 14.2. The lowest BCUT2D eigenvalue weighted by Gasteiger charge is -2.08. The number of halogens is 3. The number of ketones is 1. The number of fused-ring (bicyclic) bond motifs is 1. The molecule has 1 heterocycles. The first-order valence-corrected chi connectivity index (χ1v) is 11.0. The minimum atomic E-state index is -4.08. The van der Waals surface area contributed by atoms with Crippen LogP contribution in [0.4, 0.5) is 0 Å². The van der Waals surface area contributed by atoms with Gasteiger partial charge in [0.25, 0.3) is 0 Å². The van der Waals surface area contributed by atoms with E-state index in [0.29, 0.717) is 20.6 Å². The Morgan fingerprint density at radius 1 is 0.867 bits per heavy atom. The predicted molar refractivity (Wildman–Crippen MR) is 115 cm³/mol. The van der Waals surface area contributed by atoms with E-state index in [1.807, 2.05) is 0 Å². The number of ether oxygens (including phenoxy) is 1. The number of hydrogen-bond acceptors (Lipinski definition) is 5. The second kappa shape index (κ2) is 7.96. The molecule has 0 spiro atoms. The smallest absolute Gasteiger partial charge is 0.339 e. The van der Waals surface area contributed by atoms with Crippen LogP contribution in [-0.4, -0.2) is 14.2 Å². The molecule has 0 N–H and O–H groups in total. The Balaban J connectivity index is 1.60. The number of allylic oxidation sites excluding steroid dienone is 1. The third-order valence-electron chi connectivity index (χ3n) is 4.20. The van der Waals surface area contributed by atoms with Crippen molar-refractivity contribution < 1.29 is 22.1 Å². The summed E-state index contributed by atoms with van der Waals surface area (Å²) in [6.07, 6.45) is 1.49. The van der Waals surface area contributed by atoms with Gasteiger partial charge in [-0.1, -0.05) is 40.9 Å². The number of rotatable bonds is 4. The van der Waals surface area contributed by atoms with E-state index >= 15 is 0 Å². The van der Waals surface area contributed by atoms with Crippen molar-refractivity contribution in [3.8, 4) is 11.5 Å². The lowest BCUT2D eigenvalue weighted by Crippen LogP contribution is -2.09. The summed E-state index contributed by atoms with van der Waals surface area (Å²) in [5, 5.41) is 1.23. The molecule has 30 heavy (non-hydrogen) atoms. The van der Waals surface area contributed by atoms with Crippen LogP contribution in [-0.2, 0) is 10.1 Å². The molecule has 152 valence electrons. The van der Waals surface area contributed by atoms with Crippen molar-refractivity contribution in [3.63, 3.8) is 0 Å². The topological polar surface area (TPSA) is 69.7 Å². The molecule has 3 aromatic rings. The second-order valence-electron chi connectivity index (χ2n) is 6.25. The molecule has 4 rings (SSSR count). The van der Waals surface area contributed by atoms with Gasteiger partial charge in [0, 0.05) is 21.1 Å². The van der Waals surface area contributed by atoms with Crippen LogP contribution in [0, 0.1) is 0 Å². The van der Waals surface area contributed by atoms with Crippen LogP contribution < -0.4 is 8.92 Å². The van der Waals surface area contributed by atoms with Crippen molar-refractivity contribution in [1.29, 1.82) is 0 Å². The predicted octanol–water partition coefficient (Wildman–Crippen LogP) is 6.03. The maximum atomic E-state index is 12.6. The summed E-state index contributed by atoms with van der Waals surface area (Å²) in [6.45, 7) is 0. The highest BCUT2D eigenvalue weighted by Gasteiger charge is 2.29. The molecule has 0 aromatic heterocycles. The summed E-state index contributed by atoms with van der Waals surface area (Å²) in [6, 6.07) is 14.6. The van der Waals surface area contributed by atoms with E-state index in [2.05, 4.69) is 0 Å². The van der Waals surface area contributed by atoms with E-state index < -0.39 is 10.1 Å². The molecule has 0 saturated carbocycles. The maximum absolute atomic E-state index is 12.6. The molecule has 9 heteroatoms. The summed E-state index contributed by atoms with van der Waals surface area (Å²) in [5.74, 6) is -0.127. The van der Waals surface area contributed by atoms with Gasteiger partial charge >= 0.3 is 10.1 Å². The molecule has 0 fully saturated rings. The normalized spacial score (nSPS) is 14.5. The maximum Gasteiger partial charge on any atom is 0.339 e. The number of carbonyl (C=O) groups is 1. The molecule has 0 amide bonds. The summed E-state index contributed by atoms with van der Waals surface area (Å²) < 4.78 is 35.6. The zero-order valence-electron chi connectivity index (χ0n) is 14.9. The van der Waals surface area contributed by atoms with Gasteiger partial charge in [-0.25, -0.2) is 0 Å². The third-order valence-corrected chi connectivity index (χ3v) is 6.27. The average molecular weight is 482 g/mol. The molecular formula is C21H11Cl3O5S. The molecule has 0 radical (unpaired) electrons. The summed E-state index contributed by atoms with van der Waals surface area (Å²) in [4.78, 5) is 12.5. The highest BCUT2D eigenvalue weighted by Crippen LogP contribution is 2.36. The van der Waals surface area contributed by atoms with Crippen LogP contribution in [0.1, 0.15) is 15.9 Å². The van der Waals surface area contributed by atoms with E-state index in [-0.39, 0.29) is 33.5 Å². The van der Waals surface area contributed by atoms with E-state index in [9.17, 15) is 13.2 Å². The number of carbonyl (C=O) groups excluding carboxylic acids is 1. The Kier molecular flexibility index (Phi) is 5.51. The summed E-state index contributed by atoms with van der Waals surface area (Å²) in [5.41, 5.74) is 0.835. The van der Waals surface area contributed by atoms with E-state index in [1.54, 1.807) is 18.2 Å². The Morgan fingerprint density at radius 2 is 1.57 bits per heavy atom. The van der Waals surface area contributed by atoms with Crippen molar-refractivity contribution in [1.82, 2.24) is 0 Å². The van der Waals surface area contributed by atoms with Gasteiger partial charge in [0.15, 0.2) is 5.76 Å². The SMILES string of the molecule is O=C1C(=Cc2ccc(Cl)cc2Cl)Oc2cc(OS(=O)(=O)c3ccc(Cl)cc3)ccc21. The molecule has 0 aliphatic carbocycles. The van der Waals surface area contributed by atoms with Crippen LogP contribution in [0.5, 0.6) is 11.5 Å². The number of benzene rings is 3. The number of hydrogen-bond donors (Lipinski definition) is 0. The average Bonchev–Trinajstić information content (AvgIpc) is 2.99. The van der Waals surface area contributed by atoms with Gasteiger partial charge in [0.1, 0.15) is 16.4 Å². The first kappa shape index (κ1) is 20.8. The van der Waals surface area contributed by atoms with Gasteiger partial charge in [-0.3, -0.25) is 4.79 Å². The molecule has 1 aliphatic heterocycles. The molecule has 1 aliphatic rings. The fourth-order valence-corrected chi connectivity index (χ4v) is 4.27. The molecule has 0 saturated heterocycles. The van der Waals surface area contributed by atoms with Gasteiger partial charge < -0.3 is 8.92 Å². The standard InChI is InChI=1S/C21H11Cl3O5S/c22-13-3-6-16(7-4-13)30(26,27)29-15-5-8-17-19(11-15)28-20(21(17)25)9-12-1-2-14(23)10-18(12)24/h1-11H. The highest BCUT2D eigenvalue weighted by atomic mass is 35.5. The van der Waals surface area contributed by atoms with Gasteiger partial charge in [0.05, 0.1) is 5.56 Å². The Hall–Kier alpha value is -2.51. The molecule has 3 aromatic carbocycles. The fraction of sp³-hybridized carbons (Fsp3) is 0. The molecule has 0 atom stereocenters. The highest BCUT2D eigenvalue weighted by molar-refractivity contribution is 7.87. The minimum absolute atomic E-state index is 0.00211. The Bertz CT molecular complexity index is 1300. The summed E-state index contributed by atoms with van der Waals surface area (Å²) >= 11 is 17.8. The van der Waals surface area contributed by atoms with Crippen LogP contribution in [0.15, 0.2) is 71.3 Å². The van der Waals surface area contributed by atoms with Crippen molar-refractivity contribution in [2.24, 2.45) is 0 Å². The van der Waals surface area contributed by atoms with Gasteiger partial charge in [0.2, 0.25) is 5.78 Å². The van der Waals surface area contributed by atoms with Crippen molar-refractivity contribution in [2.75, 3.05) is 0 Å². The third kappa shape index (κ3) is 4.18. The van der Waals surface area contributed by atoms with Crippen molar-refractivity contribution in [2.45, 2.75) is 4.90 Å². The fourth-order valence-electron chi connectivity index (χ4n) is 2.75. The van der Waals surface area contributed by atoms with Crippen LogP contribution >= 0.6 is 34.8 Å². The largest absolute Gasteiger partial charge is 0.452 e. The molecular weight excluding hydrogens is 471 g/mol. The van der Waals surface area contributed by atoms with E-state index in [0.717, 1.165) is 0 Å². The quantitative estimate of drug-likeness (QED) is 0.336. The molecule has 0 bridgehead atoms. The summed E-state index contributed by atoms with van der Waals surface area (Å²) in [7, 11) is -4.08. The molecule has 0 unspecified atom stereocenters. The van der Waals surface area contributed by atoms with E-state index in [1.165, 1.54) is 48.5 Å². The van der Waals surface area contributed by atoms with Crippen LogP contribution in [0.25, 0.3) is 6.08 Å². The lowest BCUT2D eigenvalue weighted by molar-refractivity contribution is 0.101. The monoisotopic (exact) mass is 480 g/mol.